The molecule has 30 heavy (non-hydrogen) atoms. The number of piperidine rings is 3. The number of methoxy groups -OCH3 is 1. The SMILES string of the molecule is COc1ccccc1CNC1C2CCN(CC2)C1Cc1ccccc1-c1cccs1. The molecule has 3 aliphatic rings. The van der Waals surface area contributed by atoms with Gasteiger partial charge >= 0.3 is 0 Å². The lowest BCUT2D eigenvalue weighted by Crippen LogP contribution is -2.63. The molecule has 3 saturated heterocycles. The summed E-state index contributed by atoms with van der Waals surface area (Å²) in [5.41, 5.74) is 4.12. The maximum Gasteiger partial charge on any atom is 0.123 e. The van der Waals surface area contributed by atoms with Crippen LogP contribution < -0.4 is 10.1 Å². The third-order valence-corrected chi connectivity index (χ3v) is 7.82. The van der Waals surface area contributed by atoms with Crippen LogP contribution in [-0.2, 0) is 13.0 Å². The number of nitrogens with zero attached hydrogens (tertiary/aromatic N) is 1. The van der Waals surface area contributed by atoms with Gasteiger partial charge in [0.15, 0.2) is 0 Å². The highest BCUT2D eigenvalue weighted by Crippen LogP contribution is 2.36. The van der Waals surface area contributed by atoms with E-state index in [1.54, 1.807) is 7.11 Å². The second kappa shape index (κ2) is 8.93. The van der Waals surface area contributed by atoms with Gasteiger partial charge in [0, 0.05) is 29.1 Å². The Morgan fingerprint density at radius 2 is 1.73 bits per heavy atom. The Balaban J connectivity index is 1.38. The molecule has 6 rings (SSSR count). The number of thiophene rings is 1. The van der Waals surface area contributed by atoms with E-state index in [1.165, 1.54) is 47.5 Å². The highest BCUT2D eigenvalue weighted by Gasteiger charge is 2.42. The molecule has 0 radical (unpaired) electrons. The van der Waals surface area contributed by atoms with Gasteiger partial charge in [0.05, 0.1) is 7.11 Å². The normalized spacial score (nSPS) is 25.4. The van der Waals surface area contributed by atoms with Crippen LogP contribution >= 0.6 is 11.3 Å². The number of fused-ring (bicyclic) bond motifs is 3. The molecular weight excluding hydrogens is 388 g/mol. The lowest BCUT2D eigenvalue weighted by Gasteiger charge is -2.51. The third-order valence-electron chi connectivity index (χ3n) is 6.92. The second-order valence-electron chi connectivity index (χ2n) is 8.50. The standard InChI is InChI=1S/C26H30N2OS/c1-29-24-10-5-3-8-21(24)18-27-26-19-12-14-28(15-13-19)23(26)17-20-7-2-4-9-22(20)25-11-6-16-30-25/h2-11,16,19,23,26-27H,12-15,17-18H2,1H3. The van der Waals surface area contributed by atoms with E-state index in [2.05, 4.69) is 70.2 Å². The number of nitrogens with one attached hydrogen (secondary N) is 1. The first-order chi connectivity index (χ1) is 14.8. The van der Waals surface area contributed by atoms with Crippen molar-refractivity contribution in [3.63, 3.8) is 0 Å². The molecule has 0 spiro atoms. The van der Waals surface area contributed by atoms with Crippen molar-refractivity contribution in [3.8, 4) is 16.2 Å². The van der Waals surface area contributed by atoms with E-state index in [0.29, 0.717) is 12.1 Å². The van der Waals surface area contributed by atoms with Crippen molar-refractivity contribution in [2.45, 2.75) is 37.9 Å². The molecule has 3 nitrogen and oxygen atoms in total. The Labute approximate surface area is 183 Å². The number of benzene rings is 2. The van der Waals surface area contributed by atoms with Gasteiger partial charge in [-0.3, -0.25) is 4.90 Å². The van der Waals surface area contributed by atoms with Crippen molar-refractivity contribution in [1.29, 1.82) is 0 Å². The smallest absolute Gasteiger partial charge is 0.123 e. The molecule has 0 saturated carbocycles. The van der Waals surface area contributed by atoms with Gasteiger partial charge in [-0.15, -0.1) is 11.3 Å². The molecule has 4 heterocycles. The minimum absolute atomic E-state index is 0.522. The van der Waals surface area contributed by atoms with Gasteiger partial charge in [-0.2, -0.15) is 0 Å². The predicted molar refractivity (Wildman–Crippen MR) is 125 cm³/mol. The zero-order chi connectivity index (χ0) is 20.3. The summed E-state index contributed by atoms with van der Waals surface area (Å²) >= 11 is 1.84. The van der Waals surface area contributed by atoms with Gasteiger partial charge in [-0.1, -0.05) is 48.5 Å². The molecule has 3 fully saturated rings. The monoisotopic (exact) mass is 418 g/mol. The molecule has 4 heteroatoms. The summed E-state index contributed by atoms with van der Waals surface area (Å²) in [6.45, 7) is 3.34. The van der Waals surface area contributed by atoms with E-state index in [1.807, 2.05) is 17.4 Å². The largest absolute Gasteiger partial charge is 0.496 e. The quantitative estimate of drug-likeness (QED) is 0.569. The number of ether oxygens (including phenoxy) is 1. The third kappa shape index (κ3) is 3.92. The fourth-order valence-electron chi connectivity index (χ4n) is 5.38. The van der Waals surface area contributed by atoms with Gasteiger partial charge < -0.3 is 10.1 Å². The van der Waals surface area contributed by atoms with Crippen molar-refractivity contribution in [1.82, 2.24) is 10.2 Å². The Bertz CT molecular complexity index is 963. The highest BCUT2D eigenvalue weighted by atomic mass is 32.1. The highest BCUT2D eigenvalue weighted by molar-refractivity contribution is 7.13. The van der Waals surface area contributed by atoms with E-state index in [0.717, 1.165) is 24.6 Å². The van der Waals surface area contributed by atoms with Crippen molar-refractivity contribution in [2.75, 3.05) is 20.2 Å². The minimum Gasteiger partial charge on any atom is -0.496 e. The fourth-order valence-corrected chi connectivity index (χ4v) is 6.17. The van der Waals surface area contributed by atoms with Crippen LogP contribution in [0.5, 0.6) is 5.75 Å². The number of hydrogen-bond acceptors (Lipinski definition) is 4. The second-order valence-corrected chi connectivity index (χ2v) is 9.45. The summed E-state index contributed by atoms with van der Waals surface area (Å²) < 4.78 is 5.58. The molecule has 3 aromatic rings. The summed E-state index contributed by atoms with van der Waals surface area (Å²) in [5.74, 6) is 1.74. The molecule has 0 aliphatic carbocycles. The van der Waals surface area contributed by atoms with Crippen molar-refractivity contribution >= 4 is 11.3 Å². The zero-order valence-corrected chi connectivity index (χ0v) is 18.4. The molecule has 1 aromatic heterocycles. The van der Waals surface area contributed by atoms with E-state index in [-0.39, 0.29) is 0 Å². The number of rotatable bonds is 7. The first-order valence-electron chi connectivity index (χ1n) is 11.0. The molecule has 0 amide bonds. The molecule has 156 valence electrons. The van der Waals surface area contributed by atoms with Crippen LogP contribution in [0, 0.1) is 5.92 Å². The van der Waals surface area contributed by atoms with Gasteiger partial charge in [-0.05, 0) is 66.9 Å². The van der Waals surface area contributed by atoms with E-state index < -0.39 is 0 Å². The van der Waals surface area contributed by atoms with Gasteiger partial charge in [0.25, 0.3) is 0 Å². The van der Waals surface area contributed by atoms with Crippen LogP contribution in [0.15, 0.2) is 66.0 Å². The van der Waals surface area contributed by atoms with E-state index in [4.69, 9.17) is 4.74 Å². The van der Waals surface area contributed by atoms with Gasteiger partial charge in [0.1, 0.15) is 5.75 Å². The molecule has 2 atom stereocenters. The van der Waals surface area contributed by atoms with Crippen LogP contribution in [0.4, 0.5) is 0 Å². The van der Waals surface area contributed by atoms with E-state index >= 15 is 0 Å². The average molecular weight is 419 g/mol. The van der Waals surface area contributed by atoms with Crippen LogP contribution in [0.3, 0.4) is 0 Å². The summed E-state index contributed by atoms with van der Waals surface area (Å²) in [6.07, 6.45) is 3.73. The lowest BCUT2D eigenvalue weighted by atomic mass is 9.76. The number of para-hydroxylation sites is 1. The fraction of sp³-hybridized carbons (Fsp3) is 0.385. The number of hydrogen-bond donors (Lipinski definition) is 1. The minimum atomic E-state index is 0.522. The first-order valence-corrected chi connectivity index (χ1v) is 11.9. The van der Waals surface area contributed by atoms with Gasteiger partial charge in [-0.25, -0.2) is 0 Å². The maximum absolute atomic E-state index is 5.58. The van der Waals surface area contributed by atoms with Crippen LogP contribution in [0.25, 0.3) is 10.4 Å². The zero-order valence-electron chi connectivity index (χ0n) is 17.6. The molecule has 1 N–H and O–H groups in total. The van der Waals surface area contributed by atoms with Crippen LogP contribution in [0.2, 0.25) is 0 Å². The summed E-state index contributed by atoms with van der Waals surface area (Å²) in [4.78, 5) is 4.10. The Morgan fingerprint density at radius 1 is 0.967 bits per heavy atom. The maximum atomic E-state index is 5.58. The van der Waals surface area contributed by atoms with Crippen LogP contribution in [0.1, 0.15) is 24.0 Å². The lowest BCUT2D eigenvalue weighted by molar-refractivity contribution is 0.0127. The Morgan fingerprint density at radius 3 is 2.50 bits per heavy atom. The molecule has 2 aromatic carbocycles. The molecule has 2 bridgehead atoms. The van der Waals surface area contributed by atoms with Crippen LogP contribution in [-0.4, -0.2) is 37.2 Å². The molecule has 2 unspecified atom stereocenters. The first kappa shape index (κ1) is 19.8. The Hall–Kier alpha value is -2.14. The Kier molecular flexibility index (Phi) is 5.89. The summed E-state index contributed by atoms with van der Waals surface area (Å²) in [7, 11) is 1.76. The van der Waals surface area contributed by atoms with E-state index in [9.17, 15) is 0 Å². The topological polar surface area (TPSA) is 24.5 Å². The van der Waals surface area contributed by atoms with Crippen molar-refractivity contribution in [2.24, 2.45) is 5.92 Å². The van der Waals surface area contributed by atoms with Gasteiger partial charge in [0.2, 0.25) is 0 Å². The molecule has 3 aliphatic heterocycles. The van der Waals surface area contributed by atoms with Crippen molar-refractivity contribution in [3.05, 3.63) is 77.2 Å². The predicted octanol–water partition coefficient (Wildman–Crippen LogP) is 5.22. The molecular formula is C26H30N2OS. The average Bonchev–Trinajstić information content (AvgIpc) is 3.34. The summed E-state index contributed by atoms with van der Waals surface area (Å²) in [5, 5.41) is 6.13. The van der Waals surface area contributed by atoms with Crippen molar-refractivity contribution < 1.29 is 4.74 Å². The summed E-state index contributed by atoms with van der Waals surface area (Å²) in [6, 6.07) is 22.8.